The Morgan fingerprint density at radius 2 is 1.58 bits per heavy atom. The van der Waals surface area contributed by atoms with Crippen LogP contribution in [-0.4, -0.2) is 29.8 Å². The largest absolute Gasteiger partial charge is 0.366 e. The van der Waals surface area contributed by atoms with Crippen molar-refractivity contribution < 1.29 is 9.59 Å². The molecule has 3 rings (SSSR count). The number of rotatable bonds is 5. The second kappa shape index (κ2) is 8.15. The second-order valence-electron chi connectivity index (χ2n) is 7.05. The van der Waals surface area contributed by atoms with Crippen LogP contribution >= 0.6 is 0 Å². The lowest BCUT2D eigenvalue weighted by atomic mass is 9.99. The zero-order valence-electron chi connectivity index (χ0n) is 15.1. The highest BCUT2D eigenvalue weighted by molar-refractivity contribution is 6.04. The first kappa shape index (κ1) is 18.1. The van der Waals surface area contributed by atoms with Crippen LogP contribution in [0.25, 0.3) is 0 Å². The molecule has 0 saturated carbocycles. The number of primary amides is 1. The van der Waals surface area contributed by atoms with Gasteiger partial charge in [0.1, 0.15) is 0 Å². The molecule has 0 unspecified atom stereocenters. The van der Waals surface area contributed by atoms with Gasteiger partial charge in [0.15, 0.2) is 0 Å². The first-order chi connectivity index (χ1) is 12.5. The maximum atomic E-state index is 12.4. The van der Waals surface area contributed by atoms with E-state index in [0.29, 0.717) is 16.8 Å². The molecule has 1 fully saturated rings. The van der Waals surface area contributed by atoms with Gasteiger partial charge in [-0.15, -0.1) is 0 Å². The fourth-order valence-electron chi connectivity index (χ4n) is 3.16. The number of amides is 2. The van der Waals surface area contributed by atoms with Crippen molar-refractivity contribution in [3.8, 4) is 0 Å². The Kier molecular flexibility index (Phi) is 5.68. The predicted molar refractivity (Wildman–Crippen MR) is 103 cm³/mol. The number of hydrogen-bond donors (Lipinski definition) is 2. The molecule has 0 bridgehead atoms. The maximum Gasteiger partial charge on any atom is 0.255 e. The smallest absolute Gasteiger partial charge is 0.255 e. The normalized spacial score (nSPS) is 15.6. The Morgan fingerprint density at radius 1 is 1.00 bits per heavy atom. The molecular formula is C21H25N3O2. The number of anilines is 1. The van der Waals surface area contributed by atoms with Crippen LogP contribution < -0.4 is 11.1 Å². The molecule has 136 valence electrons. The molecule has 5 heteroatoms. The summed E-state index contributed by atoms with van der Waals surface area (Å²) >= 11 is 0. The Bertz CT molecular complexity index is 761. The topological polar surface area (TPSA) is 75.4 Å². The molecule has 0 radical (unpaired) electrons. The van der Waals surface area contributed by atoms with Gasteiger partial charge >= 0.3 is 0 Å². The summed E-state index contributed by atoms with van der Waals surface area (Å²) < 4.78 is 0. The summed E-state index contributed by atoms with van der Waals surface area (Å²) in [6.07, 6.45) is 2.52. The molecule has 2 aromatic carbocycles. The van der Waals surface area contributed by atoms with Gasteiger partial charge in [0.2, 0.25) is 5.91 Å². The average Bonchev–Trinajstić information content (AvgIpc) is 2.64. The minimum atomic E-state index is -0.485. The maximum absolute atomic E-state index is 12.4. The van der Waals surface area contributed by atoms with Gasteiger partial charge in [0.05, 0.1) is 0 Å². The minimum absolute atomic E-state index is 0.171. The lowest BCUT2D eigenvalue weighted by molar-refractivity contribution is 0.0998. The highest BCUT2D eigenvalue weighted by Crippen LogP contribution is 2.18. The molecular weight excluding hydrogens is 326 g/mol. The lowest BCUT2D eigenvalue weighted by Gasteiger charge is -2.30. The van der Waals surface area contributed by atoms with Crippen molar-refractivity contribution in [3.63, 3.8) is 0 Å². The summed E-state index contributed by atoms with van der Waals surface area (Å²) in [7, 11) is 0. The van der Waals surface area contributed by atoms with E-state index in [1.54, 1.807) is 24.3 Å². The molecule has 26 heavy (non-hydrogen) atoms. The van der Waals surface area contributed by atoms with Crippen molar-refractivity contribution in [2.24, 2.45) is 11.7 Å². The lowest BCUT2D eigenvalue weighted by Crippen LogP contribution is -2.32. The number of nitrogens with two attached hydrogens (primary N) is 1. The Hall–Kier alpha value is -2.66. The van der Waals surface area contributed by atoms with Crippen LogP contribution in [-0.2, 0) is 6.54 Å². The third kappa shape index (κ3) is 4.70. The van der Waals surface area contributed by atoms with E-state index in [1.807, 2.05) is 24.3 Å². The van der Waals surface area contributed by atoms with E-state index in [-0.39, 0.29) is 5.91 Å². The number of carbonyl (C=O) groups excluding carboxylic acids is 2. The van der Waals surface area contributed by atoms with Gasteiger partial charge in [0.25, 0.3) is 5.91 Å². The number of benzene rings is 2. The van der Waals surface area contributed by atoms with Crippen molar-refractivity contribution in [2.75, 3.05) is 18.4 Å². The molecule has 1 heterocycles. The van der Waals surface area contributed by atoms with Crippen molar-refractivity contribution in [1.29, 1.82) is 0 Å². The Balaban J connectivity index is 1.57. The molecule has 0 aromatic heterocycles. The summed E-state index contributed by atoms with van der Waals surface area (Å²) in [6.45, 7) is 5.53. The molecule has 2 amide bonds. The van der Waals surface area contributed by atoms with Gasteiger partial charge in [0, 0.05) is 23.4 Å². The van der Waals surface area contributed by atoms with Crippen LogP contribution in [0.2, 0.25) is 0 Å². The van der Waals surface area contributed by atoms with Crippen LogP contribution in [0.15, 0.2) is 48.5 Å². The van der Waals surface area contributed by atoms with E-state index < -0.39 is 5.91 Å². The van der Waals surface area contributed by atoms with Crippen LogP contribution in [0.3, 0.4) is 0 Å². The zero-order chi connectivity index (χ0) is 18.5. The van der Waals surface area contributed by atoms with E-state index >= 15 is 0 Å². The first-order valence-electron chi connectivity index (χ1n) is 9.04. The van der Waals surface area contributed by atoms with E-state index in [9.17, 15) is 9.59 Å². The second-order valence-corrected chi connectivity index (χ2v) is 7.05. The summed E-state index contributed by atoms with van der Waals surface area (Å²) in [5, 5.41) is 2.83. The third-order valence-corrected chi connectivity index (χ3v) is 4.93. The first-order valence-corrected chi connectivity index (χ1v) is 9.04. The van der Waals surface area contributed by atoms with Crippen LogP contribution in [0.5, 0.6) is 0 Å². The monoisotopic (exact) mass is 351 g/mol. The summed E-state index contributed by atoms with van der Waals surface area (Å²) in [4.78, 5) is 25.9. The Labute approximate surface area is 154 Å². The molecule has 5 nitrogen and oxygen atoms in total. The molecule has 1 saturated heterocycles. The van der Waals surface area contributed by atoms with Gasteiger partial charge in [-0.05, 0) is 73.8 Å². The number of likely N-dealkylation sites (tertiary alicyclic amines) is 1. The minimum Gasteiger partial charge on any atom is -0.366 e. The van der Waals surface area contributed by atoms with Crippen molar-refractivity contribution in [1.82, 2.24) is 4.90 Å². The van der Waals surface area contributed by atoms with E-state index in [1.165, 1.54) is 18.4 Å². The Morgan fingerprint density at radius 3 is 2.15 bits per heavy atom. The van der Waals surface area contributed by atoms with Crippen LogP contribution in [0.1, 0.15) is 46.0 Å². The van der Waals surface area contributed by atoms with Gasteiger partial charge in [-0.3, -0.25) is 14.5 Å². The molecule has 3 N–H and O–H groups in total. The van der Waals surface area contributed by atoms with Gasteiger partial charge in [-0.25, -0.2) is 0 Å². The van der Waals surface area contributed by atoms with Crippen LogP contribution in [0, 0.1) is 5.92 Å². The number of carbonyl (C=O) groups is 2. The number of nitrogens with one attached hydrogen (secondary N) is 1. The summed E-state index contributed by atoms with van der Waals surface area (Å²) in [6, 6.07) is 14.3. The zero-order valence-corrected chi connectivity index (χ0v) is 15.1. The molecule has 0 atom stereocenters. The van der Waals surface area contributed by atoms with Crippen LogP contribution in [0.4, 0.5) is 5.69 Å². The number of nitrogens with zero attached hydrogens (tertiary/aromatic N) is 1. The van der Waals surface area contributed by atoms with E-state index in [2.05, 4.69) is 17.1 Å². The van der Waals surface area contributed by atoms with Crippen molar-refractivity contribution in [3.05, 3.63) is 65.2 Å². The fraction of sp³-hybridized carbons (Fsp3) is 0.333. The fourth-order valence-corrected chi connectivity index (χ4v) is 3.16. The summed E-state index contributed by atoms with van der Waals surface area (Å²) in [5.41, 5.74) is 8.10. The van der Waals surface area contributed by atoms with E-state index in [4.69, 9.17) is 5.73 Å². The van der Waals surface area contributed by atoms with Gasteiger partial charge in [-0.2, -0.15) is 0 Å². The standard InChI is InChI=1S/C21H25N3O2/c1-15-10-12-24(13-11-15)14-16-2-4-18(5-3-16)21(26)23-19-8-6-17(7-9-19)20(22)25/h2-9,15H,10-14H2,1H3,(H2,22,25)(H,23,26). The number of hydrogen-bond acceptors (Lipinski definition) is 3. The molecule has 1 aliphatic rings. The van der Waals surface area contributed by atoms with Gasteiger partial charge in [-0.1, -0.05) is 19.1 Å². The molecule has 0 spiro atoms. The molecule has 2 aromatic rings. The highest BCUT2D eigenvalue weighted by atomic mass is 16.2. The van der Waals surface area contributed by atoms with Gasteiger partial charge < -0.3 is 11.1 Å². The van der Waals surface area contributed by atoms with E-state index in [0.717, 1.165) is 25.6 Å². The third-order valence-electron chi connectivity index (χ3n) is 4.93. The van der Waals surface area contributed by atoms with Crippen molar-refractivity contribution >= 4 is 17.5 Å². The van der Waals surface area contributed by atoms with Crippen molar-refractivity contribution in [2.45, 2.75) is 26.3 Å². The SMILES string of the molecule is CC1CCN(Cc2ccc(C(=O)Nc3ccc(C(N)=O)cc3)cc2)CC1. The predicted octanol–water partition coefficient (Wildman–Crippen LogP) is 3.27. The molecule has 1 aliphatic heterocycles. The average molecular weight is 351 g/mol. The molecule has 0 aliphatic carbocycles. The quantitative estimate of drug-likeness (QED) is 0.868. The number of piperidine rings is 1. The highest BCUT2D eigenvalue weighted by Gasteiger charge is 2.15. The summed E-state index contributed by atoms with van der Waals surface area (Å²) in [5.74, 6) is 0.172.